The molecule has 1 aromatic carbocycles. The Kier molecular flexibility index (Phi) is 5.26. The lowest BCUT2D eigenvalue weighted by Gasteiger charge is -2.33. The third-order valence-corrected chi connectivity index (χ3v) is 5.03. The highest BCUT2D eigenvalue weighted by Gasteiger charge is 2.27. The summed E-state index contributed by atoms with van der Waals surface area (Å²) in [6, 6.07) is 6.63. The van der Waals surface area contributed by atoms with Gasteiger partial charge in [-0.1, -0.05) is 43.2 Å². The number of rotatable bonds is 4. The SMILES string of the molecule is Cc1cc(C)cc(CC(O)C2CCC(C(C)C)CC2)c1. The quantitative estimate of drug-likeness (QED) is 0.846. The van der Waals surface area contributed by atoms with Gasteiger partial charge in [-0.3, -0.25) is 0 Å². The van der Waals surface area contributed by atoms with Gasteiger partial charge in [0.2, 0.25) is 0 Å². The molecule has 0 radical (unpaired) electrons. The summed E-state index contributed by atoms with van der Waals surface area (Å²) in [6.07, 6.45) is 5.66. The van der Waals surface area contributed by atoms with Gasteiger partial charge in [-0.25, -0.2) is 0 Å². The van der Waals surface area contributed by atoms with Crippen molar-refractivity contribution in [3.8, 4) is 0 Å². The number of hydrogen-bond acceptors (Lipinski definition) is 1. The van der Waals surface area contributed by atoms with Crippen LogP contribution in [0.25, 0.3) is 0 Å². The Balaban J connectivity index is 1.91. The molecule has 1 unspecified atom stereocenters. The van der Waals surface area contributed by atoms with E-state index in [9.17, 15) is 5.11 Å². The molecule has 0 saturated heterocycles. The Bertz CT molecular complexity index is 407. The van der Waals surface area contributed by atoms with Crippen LogP contribution >= 0.6 is 0 Å². The van der Waals surface area contributed by atoms with E-state index in [4.69, 9.17) is 0 Å². The summed E-state index contributed by atoms with van der Waals surface area (Å²) in [7, 11) is 0. The number of benzene rings is 1. The molecule has 0 spiro atoms. The summed E-state index contributed by atoms with van der Waals surface area (Å²) in [5, 5.41) is 10.5. The van der Waals surface area contributed by atoms with E-state index >= 15 is 0 Å². The molecular weight excluding hydrogens is 244 g/mol. The van der Waals surface area contributed by atoms with E-state index in [1.54, 1.807) is 0 Å². The van der Waals surface area contributed by atoms with Crippen LogP contribution in [-0.2, 0) is 6.42 Å². The van der Waals surface area contributed by atoms with Gasteiger partial charge in [-0.05, 0) is 69.3 Å². The summed E-state index contributed by atoms with van der Waals surface area (Å²) in [5.41, 5.74) is 3.90. The fourth-order valence-corrected chi connectivity index (χ4v) is 3.79. The van der Waals surface area contributed by atoms with E-state index in [0.29, 0.717) is 5.92 Å². The molecule has 0 heterocycles. The Labute approximate surface area is 124 Å². The number of aliphatic hydroxyl groups excluding tert-OH is 1. The van der Waals surface area contributed by atoms with Gasteiger partial charge in [0.05, 0.1) is 6.10 Å². The van der Waals surface area contributed by atoms with E-state index in [-0.39, 0.29) is 6.10 Å². The maximum absolute atomic E-state index is 10.5. The smallest absolute Gasteiger partial charge is 0.0608 e. The molecule has 0 bridgehead atoms. The van der Waals surface area contributed by atoms with Crippen molar-refractivity contribution in [2.45, 2.75) is 65.9 Å². The lowest BCUT2D eigenvalue weighted by Crippen LogP contribution is -2.28. The topological polar surface area (TPSA) is 20.2 Å². The first-order chi connectivity index (χ1) is 9.45. The Hall–Kier alpha value is -0.820. The van der Waals surface area contributed by atoms with E-state index in [1.165, 1.54) is 42.4 Å². The van der Waals surface area contributed by atoms with Gasteiger partial charge < -0.3 is 5.11 Å². The van der Waals surface area contributed by atoms with Crippen LogP contribution in [0.15, 0.2) is 18.2 Å². The lowest BCUT2D eigenvalue weighted by atomic mass is 9.74. The summed E-state index contributed by atoms with van der Waals surface area (Å²) >= 11 is 0. The predicted octanol–water partition coefficient (Wildman–Crippen LogP) is 4.67. The molecule has 1 N–H and O–H groups in total. The molecule has 1 saturated carbocycles. The average molecular weight is 274 g/mol. The molecule has 1 atom stereocenters. The van der Waals surface area contributed by atoms with Crippen molar-refractivity contribution in [3.05, 3.63) is 34.9 Å². The molecule has 0 aliphatic heterocycles. The predicted molar refractivity (Wildman–Crippen MR) is 85.9 cm³/mol. The lowest BCUT2D eigenvalue weighted by molar-refractivity contribution is 0.0675. The summed E-state index contributed by atoms with van der Waals surface area (Å²) < 4.78 is 0. The van der Waals surface area contributed by atoms with Crippen molar-refractivity contribution >= 4 is 0 Å². The molecule has 1 heteroatoms. The van der Waals surface area contributed by atoms with Gasteiger partial charge in [0.25, 0.3) is 0 Å². The van der Waals surface area contributed by atoms with E-state index in [2.05, 4.69) is 45.9 Å². The van der Waals surface area contributed by atoms with Crippen LogP contribution in [0.4, 0.5) is 0 Å². The van der Waals surface area contributed by atoms with E-state index < -0.39 is 0 Å². The third-order valence-electron chi connectivity index (χ3n) is 5.03. The van der Waals surface area contributed by atoms with Crippen LogP contribution in [0.2, 0.25) is 0 Å². The van der Waals surface area contributed by atoms with E-state index in [0.717, 1.165) is 18.3 Å². The summed E-state index contributed by atoms with van der Waals surface area (Å²) in [5.74, 6) is 2.18. The minimum absolute atomic E-state index is 0.163. The molecule has 0 amide bonds. The van der Waals surface area contributed by atoms with Crippen molar-refractivity contribution in [2.24, 2.45) is 17.8 Å². The Morgan fingerprint density at radius 2 is 1.45 bits per heavy atom. The molecule has 20 heavy (non-hydrogen) atoms. The highest BCUT2D eigenvalue weighted by molar-refractivity contribution is 5.29. The molecule has 1 aliphatic carbocycles. The molecule has 1 fully saturated rings. The fourth-order valence-electron chi connectivity index (χ4n) is 3.79. The molecular formula is C19H30O. The van der Waals surface area contributed by atoms with Crippen molar-refractivity contribution in [2.75, 3.05) is 0 Å². The molecule has 2 rings (SSSR count). The average Bonchev–Trinajstić information content (AvgIpc) is 2.37. The first-order valence-electron chi connectivity index (χ1n) is 8.21. The van der Waals surface area contributed by atoms with Gasteiger partial charge in [-0.15, -0.1) is 0 Å². The van der Waals surface area contributed by atoms with Crippen LogP contribution < -0.4 is 0 Å². The largest absolute Gasteiger partial charge is 0.392 e. The first-order valence-corrected chi connectivity index (χ1v) is 8.21. The molecule has 1 aromatic rings. The van der Waals surface area contributed by atoms with Crippen LogP contribution in [0.3, 0.4) is 0 Å². The molecule has 1 nitrogen and oxygen atoms in total. The van der Waals surface area contributed by atoms with Crippen LogP contribution in [-0.4, -0.2) is 11.2 Å². The highest BCUT2D eigenvalue weighted by Crippen LogP contribution is 2.35. The summed E-state index contributed by atoms with van der Waals surface area (Å²) in [4.78, 5) is 0. The zero-order valence-electron chi connectivity index (χ0n) is 13.5. The summed E-state index contributed by atoms with van der Waals surface area (Å²) in [6.45, 7) is 8.93. The zero-order valence-corrected chi connectivity index (χ0v) is 13.5. The second-order valence-corrected chi connectivity index (χ2v) is 7.19. The number of hydrogen-bond donors (Lipinski definition) is 1. The zero-order chi connectivity index (χ0) is 14.7. The second-order valence-electron chi connectivity index (χ2n) is 7.19. The molecule has 0 aromatic heterocycles. The fraction of sp³-hybridized carbons (Fsp3) is 0.684. The maximum Gasteiger partial charge on any atom is 0.0608 e. The third kappa shape index (κ3) is 4.09. The minimum Gasteiger partial charge on any atom is -0.392 e. The van der Waals surface area contributed by atoms with Crippen molar-refractivity contribution in [1.82, 2.24) is 0 Å². The van der Waals surface area contributed by atoms with Gasteiger partial charge >= 0.3 is 0 Å². The Morgan fingerprint density at radius 3 is 1.95 bits per heavy atom. The standard InChI is InChI=1S/C19H30O/c1-13(2)17-5-7-18(8-6-17)19(20)12-16-10-14(3)9-15(4)11-16/h9-11,13,17-20H,5-8,12H2,1-4H3. The van der Waals surface area contributed by atoms with Crippen LogP contribution in [0.1, 0.15) is 56.2 Å². The van der Waals surface area contributed by atoms with E-state index in [1.807, 2.05) is 0 Å². The monoisotopic (exact) mass is 274 g/mol. The minimum atomic E-state index is -0.163. The van der Waals surface area contributed by atoms with Crippen LogP contribution in [0, 0.1) is 31.6 Å². The van der Waals surface area contributed by atoms with Crippen molar-refractivity contribution in [1.29, 1.82) is 0 Å². The van der Waals surface area contributed by atoms with Crippen molar-refractivity contribution in [3.63, 3.8) is 0 Å². The van der Waals surface area contributed by atoms with Gasteiger partial charge in [0.15, 0.2) is 0 Å². The highest BCUT2D eigenvalue weighted by atomic mass is 16.3. The first kappa shape index (κ1) is 15.6. The maximum atomic E-state index is 10.5. The normalized spacial score (nSPS) is 24.9. The van der Waals surface area contributed by atoms with Crippen molar-refractivity contribution < 1.29 is 5.11 Å². The van der Waals surface area contributed by atoms with Gasteiger partial charge in [0, 0.05) is 0 Å². The van der Waals surface area contributed by atoms with Crippen LogP contribution in [0.5, 0.6) is 0 Å². The number of aliphatic hydroxyl groups is 1. The Morgan fingerprint density at radius 1 is 0.950 bits per heavy atom. The molecule has 1 aliphatic rings. The van der Waals surface area contributed by atoms with Gasteiger partial charge in [-0.2, -0.15) is 0 Å². The van der Waals surface area contributed by atoms with Gasteiger partial charge in [0.1, 0.15) is 0 Å². The number of aryl methyl sites for hydroxylation is 2. The molecule has 112 valence electrons. The second kappa shape index (κ2) is 6.76.